The lowest BCUT2D eigenvalue weighted by Crippen LogP contribution is -2.41. The smallest absolute Gasteiger partial charge is 0.224 e. The maximum atomic E-state index is 12.3. The molecule has 2 rings (SSSR count). The molecule has 1 aliphatic rings. The molecule has 1 unspecified atom stereocenters. The lowest BCUT2D eigenvalue weighted by molar-refractivity contribution is -0.132. The van der Waals surface area contributed by atoms with Crippen molar-refractivity contribution < 1.29 is 13.2 Å². The molecule has 0 bridgehead atoms. The number of hydrogen-bond acceptors (Lipinski definition) is 4. The van der Waals surface area contributed by atoms with E-state index in [0.717, 1.165) is 5.69 Å². The molecular formula is C15H22N2O3S. The number of rotatable bonds is 6. The lowest BCUT2D eigenvalue weighted by atomic mass is 10.2. The number of nitrogens with one attached hydrogen (secondary N) is 1. The van der Waals surface area contributed by atoms with Gasteiger partial charge in [-0.1, -0.05) is 18.2 Å². The molecule has 0 saturated carbocycles. The highest BCUT2D eigenvalue weighted by Crippen LogP contribution is 2.18. The largest absolute Gasteiger partial charge is 0.385 e. The molecule has 1 amide bonds. The van der Waals surface area contributed by atoms with Gasteiger partial charge in [0, 0.05) is 31.2 Å². The van der Waals surface area contributed by atoms with Crippen LogP contribution in [-0.2, 0) is 14.6 Å². The third-order valence-corrected chi connectivity index (χ3v) is 5.50. The van der Waals surface area contributed by atoms with Crippen molar-refractivity contribution in [1.29, 1.82) is 0 Å². The Hall–Kier alpha value is -1.56. The number of para-hydroxylation sites is 1. The number of benzene rings is 1. The Bertz CT molecular complexity index is 572. The van der Waals surface area contributed by atoms with Gasteiger partial charge in [0.25, 0.3) is 0 Å². The molecule has 1 aromatic rings. The van der Waals surface area contributed by atoms with Crippen LogP contribution in [-0.4, -0.2) is 49.9 Å². The molecule has 6 heteroatoms. The first-order chi connectivity index (χ1) is 10.0. The van der Waals surface area contributed by atoms with Gasteiger partial charge >= 0.3 is 0 Å². The first kappa shape index (κ1) is 15.8. The Morgan fingerprint density at radius 2 is 2.05 bits per heavy atom. The summed E-state index contributed by atoms with van der Waals surface area (Å²) in [4.78, 5) is 14.0. The first-order valence-electron chi connectivity index (χ1n) is 7.30. The van der Waals surface area contributed by atoms with Crippen LogP contribution in [0.4, 0.5) is 5.69 Å². The molecule has 1 aliphatic heterocycles. The Morgan fingerprint density at radius 1 is 1.33 bits per heavy atom. The number of carbonyl (C=O) groups excluding carboxylic acids is 1. The lowest BCUT2D eigenvalue weighted by Gasteiger charge is -2.27. The standard InChI is InChI=1S/C15H22N2O3S/c1-2-17(14-9-11-21(19,20)12-14)15(18)8-10-16-13-6-4-3-5-7-13/h3-7,14,16H,2,8-12H2,1H3. The maximum Gasteiger partial charge on any atom is 0.224 e. The summed E-state index contributed by atoms with van der Waals surface area (Å²) in [6.45, 7) is 3.01. The van der Waals surface area contributed by atoms with E-state index >= 15 is 0 Å². The summed E-state index contributed by atoms with van der Waals surface area (Å²) in [5.74, 6) is 0.325. The van der Waals surface area contributed by atoms with Crippen LogP contribution in [0.5, 0.6) is 0 Å². The van der Waals surface area contributed by atoms with Gasteiger partial charge < -0.3 is 10.2 Å². The van der Waals surface area contributed by atoms with E-state index in [0.29, 0.717) is 25.9 Å². The van der Waals surface area contributed by atoms with Crippen LogP contribution in [0.15, 0.2) is 30.3 Å². The van der Waals surface area contributed by atoms with Crippen molar-refractivity contribution in [3.05, 3.63) is 30.3 Å². The van der Waals surface area contributed by atoms with Gasteiger partial charge in [0.05, 0.1) is 11.5 Å². The van der Waals surface area contributed by atoms with E-state index in [9.17, 15) is 13.2 Å². The molecule has 5 nitrogen and oxygen atoms in total. The second-order valence-corrected chi connectivity index (χ2v) is 7.51. The molecule has 116 valence electrons. The van der Waals surface area contributed by atoms with Gasteiger partial charge in [-0.15, -0.1) is 0 Å². The fraction of sp³-hybridized carbons (Fsp3) is 0.533. The van der Waals surface area contributed by atoms with Crippen LogP contribution >= 0.6 is 0 Å². The average molecular weight is 310 g/mol. The zero-order valence-electron chi connectivity index (χ0n) is 12.3. The number of anilines is 1. The van der Waals surface area contributed by atoms with Crippen molar-refractivity contribution in [2.45, 2.75) is 25.8 Å². The van der Waals surface area contributed by atoms with E-state index in [1.165, 1.54) is 0 Å². The van der Waals surface area contributed by atoms with Crippen LogP contribution in [0.25, 0.3) is 0 Å². The predicted molar refractivity (Wildman–Crippen MR) is 84.0 cm³/mol. The van der Waals surface area contributed by atoms with Gasteiger partial charge in [0.1, 0.15) is 0 Å². The molecule has 1 N–H and O–H groups in total. The molecule has 1 aromatic carbocycles. The minimum atomic E-state index is -2.96. The van der Waals surface area contributed by atoms with E-state index in [2.05, 4.69) is 5.32 Å². The number of carbonyl (C=O) groups is 1. The van der Waals surface area contributed by atoms with Gasteiger partial charge in [-0.2, -0.15) is 0 Å². The van der Waals surface area contributed by atoms with Crippen LogP contribution < -0.4 is 5.32 Å². The highest BCUT2D eigenvalue weighted by atomic mass is 32.2. The molecule has 0 aliphatic carbocycles. The van der Waals surface area contributed by atoms with Crippen molar-refractivity contribution in [3.8, 4) is 0 Å². The predicted octanol–water partition coefficient (Wildman–Crippen LogP) is 1.52. The zero-order chi connectivity index (χ0) is 15.3. The van der Waals surface area contributed by atoms with Crippen molar-refractivity contribution >= 4 is 21.4 Å². The average Bonchev–Trinajstić information content (AvgIpc) is 2.81. The summed E-state index contributed by atoms with van der Waals surface area (Å²) < 4.78 is 23.1. The van der Waals surface area contributed by atoms with Gasteiger partial charge in [0.2, 0.25) is 5.91 Å². The summed E-state index contributed by atoms with van der Waals surface area (Å²) >= 11 is 0. The Balaban J connectivity index is 1.83. The van der Waals surface area contributed by atoms with Crippen LogP contribution in [0, 0.1) is 0 Å². The van der Waals surface area contributed by atoms with Crippen molar-refractivity contribution in [3.63, 3.8) is 0 Å². The van der Waals surface area contributed by atoms with Gasteiger partial charge in [0.15, 0.2) is 9.84 Å². The molecule has 0 radical (unpaired) electrons. The zero-order valence-corrected chi connectivity index (χ0v) is 13.1. The number of hydrogen-bond donors (Lipinski definition) is 1. The summed E-state index contributed by atoms with van der Waals surface area (Å²) in [6.07, 6.45) is 0.938. The molecule has 1 saturated heterocycles. The fourth-order valence-electron chi connectivity index (χ4n) is 2.67. The van der Waals surface area contributed by atoms with Gasteiger partial charge in [-0.3, -0.25) is 4.79 Å². The second-order valence-electron chi connectivity index (χ2n) is 5.28. The Morgan fingerprint density at radius 3 is 2.62 bits per heavy atom. The van der Waals surface area contributed by atoms with Crippen molar-refractivity contribution in [1.82, 2.24) is 4.90 Å². The number of sulfone groups is 1. The monoisotopic (exact) mass is 310 g/mol. The Labute approximate surface area is 126 Å². The summed E-state index contributed by atoms with van der Waals surface area (Å²) in [7, 11) is -2.96. The highest BCUT2D eigenvalue weighted by Gasteiger charge is 2.33. The van der Waals surface area contributed by atoms with Crippen LogP contribution in [0.2, 0.25) is 0 Å². The molecule has 21 heavy (non-hydrogen) atoms. The number of nitrogens with zero attached hydrogens (tertiary/aromatic N) is 1. The van der Waals surface area contributed by atoms with Crippen LogP contribution in [0.1, 0.15) is 19.8 Å². The summed E-state index contributed by atoms with van der Waals surface area (Å²) in [6, 6.07) is 9.56. The molecule has 0 aromatic heterocycles. The third kappa shape index (κ3) is 4.46. The van der Waals surface area contributed by atoms with E-state index in [1.54, 1.807) is 4.90 Å². The minimum absolute atomic E-state index is 0.0167. The van der Waals surface area contributed by atoms with Gasteiger partial charge in [-0.25, -0.2) is 8.42 Å². The van der Waals surface area contributed by atoms with E-state index in [1.807, 2.05) is 37.3 Å². The van der Waals surface area contributed by atoms with Crippen LogP contribution in [0.3, 0.4) is 0 Å². The van der Waals surface area contributed by atoms with Crippen molar-refractivity contribution in [2.24, 2.45) is 0 Å². The molecular weight excluding hydrogens is 288 g/mol. The molecule has 1 atom stereocenters. The highest BCUT2D eigenvalue weighted by molar-refractivity contribution is 7.91. The maximum absolute atomic E-state index is 12.3. The number of amides is 1. The Kier molecular flexibility index (Phi) is 5.22. The molecule has 1 fully saturated rings. The fourth-order valence-corrected chi connectivity index (χ4v) is 4.40. The molecule has 0 spiro atoms. The summed E-state index contributed by atoms with van der Waals surface area (Å²) in [5.41, 5.74) is 0.983. The SMILES string of the molecule is CCN(C(=O)CCNc1ccccc1)C1CCS(=O)(=O)C1. The van der Waals surface area contributed by atoms with Gasteiger partial charge in [-0.05, 0) is 25.5 Å². The summed E-state index contributed by atoms with van der Waals surface area (Å²) in [5, 5.41) is 3.20. The molecule has 1 heterocycles. The third-order valence-electron chi connectivity index (χ3n) is 3.75. The van der Waals surface area contributed by atoms with E-state index in [4.69, 9.17) is 0 Å². The van der Waals surface area contributed by atoms with E-state index in [-0.39, 0.29) is 23.5 Å². The first-order valence-corrected chi connectivity index (χ1v) is 9.13. The van der Waals surface area contributed by atoms with Crippen molar-refractivity contribution in [2.75, 3.05) is 29.9 Å². The van der Waals surface area contributed by atoms with E-state index < -0.39 is 9.84 Å². The normalized spacial score (nSPS) is 20.1. The minimum Gasteiger partial charge on any atom is -0.385 e. The quantitative estimate of drug-likeness (QED) is 0.865. The topological polar surface area (TPSA) is 66.5 Å². The second kappa shape index (κ2) is 6.93.